The van der Waals surface area contributed by atoms with Crippen molar-refractivity contribution >= 4 is 23.6 Å². The van der Waals surface area contributed by atoms with Gasteiger partial charge in [-0.1, -0.05) is 0 Å². The van der Waals surface area contributed by atoms with Crippen LogP contribution in [0.15, 0.2) is 0 Å². The maximum absolute atomic E-state index is 11.9. The summed E-state index contributed by atoms with van der Waals surface area (Å²) in [5.41, 5.74) is -0.960. The van der Waals surface area contributed by atoms with Gasteiger partial charge in [-0.25, -0.2) is 4.79 Å². The van der Waals surface area contributed by atoms with Gasteiger partial charge in [0.05, 0.1) is 5.88 Å². The predicted molar refractivity (Wildman–Crippen MR) is 56.7 cm³/mol. The molecule has 1 N–H and O–H groups in total. The largest absolute Gasteiger partial charge is 0.480 e. The Hall–Kier alpha value is -0.750. The van der Waals surface area contributed by atoms with Crippen LogP contribution in [0.5, 0.6) is 0 Å². The molecule has 86 valence electrons. The van der Waals surface area contributed by atoms with Gasteiger partial charge in [0, 0.05) is 12.9 Å². The van der Waals surface area contributed by atoms with Gasteiger partial charge in [-0.15, -0.1) is 11.8 Å². The van der Waals surface area contributed by atoms with Crippen LogP contribution >= 0.6 is 11.8 Å². The first-order valence-electron chi connectivity index (χ1n) is 4.57. The minimum Gasteiger partial charge on any atom is -0.480 e. The van der Waals surface area contributed by atoms with Crippen LogP contribution in [-0.4, -0.2) is 52.3 Å². The molecule has 0 bridgehead atoms. The number of nitrogens with zero attached hydrogens (tertiary/aromatic N) is 1. The molecule has 1 aliphatic rings. The maximum atomic E-state index is 11.9. The van der Waals surface area contributed by atoms with E-state index in [-0.39, 0.29) is 5.91 Å². The topological polar surface area (TPSA) is 66.8 Å². The highest BCUT2D eigenvalue weighted by Crippen LogP contribution is 2.25. The normalized spacial score (nSPS) is 21.8. The molecule has 15 heavy (non-hydrogen) atoms. The Morgan fingerprint density at radius 1 is 1.53 bits per heavy atom. The minimum absolute atomic E-state index is 0.276. The van der Waals surface area contributed by atoms with Crippen molar-refractivity contribution in [2.24, 2.45) is 0 Å². The van der Waals surface area contributed by atoms with E-state index in [1.807, 2.05) is 0 Å². The van der Waals surface area contributed by atoms with Gasteiger partial charge in [-0.3, -0.25) is 4.79 Å². The number of amides is 1. The summed E-state index contributed by atoms with van der Waals surface area (Å²) in [5, 5.41) is 8.92. The van der Waals surface area contributed by atoms with Gasteiger partial charge in [0.25, 0.3) is 5.91 Å². The predicted octanol–water partition coefficient (Wildman–Crippen LogP) is 0.397. The lowest BCUT2D eigenvalue weighted by molar-refractivity contribution is -0.158. The first-order valence-corrected chi connectivity index (χ1v) is 5.72. The van der Waals surface area contributed by atoms with Crippen LogP contribution in [0.25, 0.3) is 0 Å². The molecule has 0 aromatic heterocycles. The summed E-state index contributed by atoms with van der Waals surface area (Å²) in [6.45, 7) is 3.27. The Morgan fingerprint density at radius 2 is 2.13 bits per heavy atom. The van der Waals surface area contributed by atoms with E-state index in [9.17, 15) is 9.59 Å². The molecule has 0 radical (unpaired) electrons. The number of hydrogen-bond donors (Lipinski definition) is 1. The van der Waals surface area contributed by atoms with E-state index in [1.165, 1.54) is 23.8 Å². The minimum atomic E-state index is -0.960. The quantitative estimate of drug-likeness (QED) is 0.764. The van der Waals surface area contributed by atoms with E-state index in [1.54, 1.807) is 13.8 Å². The highest BCUT2D eigenvalue weighted by atomic mass is 32.2. The summed E-state index contributed by atoms with van der Waals surface area (Å²) in [7, 11) is 1.44. The summed E-state index contributed by atoms with van der Waals surface area (Å²) in [6, 6.07) is -0.725. The maximum Gasteiger partial charge on any atom is 0.327 e. The van der Waals surface area contributed by atoms with Crippen molar-refractivity contribution in [2.45, 2.75) is 25.5 Å². The van der Waals surface area contributed by atoms with Crippen molar-refractivity contribution in [3.05, 3.63) is 0 Å². The third-order valence-corrected chi connectivity index (χ3v) is 3.47. The Bertz CT molecular complexity index is 279. The number of methoxy groups -OCH3 is 1. The van der Waals surface area contributed by atoms with Crippen LogP contribution < -0.4 is 0 Å². The van der Waals surface area contributed by atoms with Crippen LogP contribution in [0.1, 0.15) is 13.8 Å². The number of ether oxygens (including phenoxy) is 1. The van der Waals surface area contributed by atoms with Crippen molar-refractivity contribution in [2.75, 3.05) is 18.7 Å². The first-order chi connectivity index (χ1) is 6.90. The van der Waals surface area contributed by atoms with Crippen molar-refractivity contribution in [1.82, 2.24) is 4.90 Å². The highest BCUT2D eigenvalue weighted by Gasteiger charge is 2.41. The second-order valence-electron chi connectivity index (χ2n) is 3.84. The molecule has 0 spiro atoms. The molecule has 1 aliphatic heterocycles. The van der Waals surface area contributed by atoms with E-state index in [4.69, 9.17) is 9.84 Å². The molecule has 5 nitrogen and oxygen atoms in total. The average Bonchev–Trinajstić information content (AvgIpc) is 2.64. The zero-order valence-corrected chi connectivity index (χ0v) is 9.84. The molecule has 1 fully saturated rings. The van der Waals surface area contributed by atoms with Crippen molar-refractivity contribution in [3.63, 3.8) is 0 Å². The molecular formula is C9H15NO4S. The second kappa shape index (κ2) is 4.40. The molecule has 1 amide bonds. The van der Waals surface area contributed by atoms with Crippen LogP contribution in [0.3, 0.4) is 0 Å². The van der Waals surface area contributed by atoms with Gasteiger partial charge in [0.15, 0.2) is 0 Å². The standard InChI is InChI=1S/C9H15NO4S/c1-9(2,14-3)8(13)10-5-15-4-6(10)7(11)12/h6H,4-5H2,1-3H3,(H,11,12). The number of rotatable bonds is 3. The fourth-order valence-corrected chi connectivity index (χ4v) is 2.43. The highest BCUT2D eigenvalue weighted by molar-refractivity contribution is 7.99. The van der Waals surface area contributed by atoms with Crippen LogP contribution in [0.2, 0.25) is 0 Å². The van der Waals surface area contributed by atoms with Crippen molar-refractivity contribution in [1.29, 1.82) is 0 Å². The summed E-state index contributed by atoms with van der Waals surface area (Å²) in [5.74, 6) is -0.369. The summed E-state index contributed by atoms with van der Waals surface area (Å²) in [6.07, 6.45) is 0. The molecule has 6 heteroatoms. The monoisotopic (exact) mass is 233 g/mol. The average molecular weight is 233 g/mol. The number of carbonyl (C=O) groups excluding carboxylic acids is 1. The molecule has 0 saturated carbocycles. The third-order valence-electron chi connectivity index (χ3n) is 2.45. The van der Waals surface area contributed by atoms with Gasteiger partial charge in [0.1, 0.15) is 11.6 Å². The lowest BCUT2D eigenvalue weighted by atomic mass is 10.1. The summed E-state index contributed by atoms with van der Waals surface area (Å²) < 4.78 is 5.05. The first kappa shape index (κ1) is 12.3. The molecule has 1 atom stereocenters. The molecule has 1 heterocycles. The van der Waals surface area contributed by atoms with Crippen LogP contribution in [0, 0.1) is 0 Å². The molecular weight excluding hydrogens is 218 g/mol. The fraction of sp³-hybridized carbons (Fsp3) is 0.778. The lowest BCUT2D eigenvalue weighted by Gasteiger charge is -2.29. The van der Waals surface area contributed by atoms with Crippen LogP contribution in [0.4, 0.5) is 0 Å². The van der Waals surface area contributed by atoms with E-state index in [2.05, 4.69) is 0 Å². The van der Waals surface area contributed by atoms with Gasteiger partial charge in [0.2, 0.25) is 0 Å². The van der Waals surface area contributed by atoms with Gasteiger partial charge < -0.3 is 14.7 Å². The Balaban J connectivity index is 2.79. The van der Waals surface area contributed by atoms with Crippen molar-refractivity contribution in [3.8, 4) is 0 Å². The number of carboxylic acids is 1. The zero-order valence-electron chi connectivity index (χ0n) is 9.02. The molecule has 0 aromatic rings. The summed E-state index contributed by atoms with van der Waals surface area (Å²) >= 11 is 1.44. The lowest BCUT2D eigenvalue weighted by Crippen LogP contribution is -2.51. The smallest absolute Gasteiger partial charge is 0.327 e. The van der Waals surface area contributed by atoms with Gasteiger partial charge in [-0.05, 0) is 13.8 Å². The van der Waals surface area contributed by atoms with Gasteiger partial charge >= 0.3 is 5.97 Å². The van der Waals surface area contributed by atoms with E-state index in [0.29, 0.717) is 11.6 Å². The second-order valence-corrected chi connectivity index (χ2v) is 4.84. The molecule has 0 aromatic carbocycles. The van der Waals surface area contributed by atoms with E-state index >= 15 is 0 Å². The molecule has 0 aliphatic carbocycles. The Morgan fingerprint density at radius 3 is 2.60 bits per heavy atom. The fourth-order valence-electron chi connectivity index (χ4n) is 1.28. The number of aliphatic carboxylic acids is 1. The molecule has 1 rings (SSSR count). The Kier molecular flexibility index (Phi) is 3.62. The SMILES string of the molecule is COC(C)(C)C(=O)N1CSCC1C(=O)O. The number of carbonyl (C=O) groups is 2. The Labute approximate surface area is 92.8 Å². The number of thioether (sulfide) groups is 1. The number of carboxylic acid groups (broad SMARTS) is 1. The van der Waals surface area contributed by atoms with E-state index in [0.717, 1.165) is 0 Å². The number of hydrogen-bond acceptors (Lipinski definition) is 4. The van der Waals surface area contributed by atoms with Crippen LogP contribution in [-0.2, 0) is 14.3 Å². The van der Waals surface area contributed by atoms with Crippen molar-refractivity contribution < 1.29 is 19.4 Å². The summed E-state index contributed by atoms with van der Waals surface area (Å²) in [4.78, 5) is 24.2. The van der Waals surface area contributed by atoms with Gasteiger partial charge in [-0.2, -0.15) is 0 Å². The van der Waals surface area contributed by atoms with E-state index < -0.39 is 17.6 Å². The zero-order chi connectivity index (χ0) is 11.6. The third kappa shape index (κ3) is 2.43. The molecule has 1 saturated heterocycles. The molecule has 1 unspecified atom stereocenters.